The molecule has 0 aliphatic heterocycles. The topological polar surface area (TPSA) is 70.7 Å². The minimum atomic E-state index is -0.194. The summed E-state index contributed by atoms with van der Waals surface area (Å²) in [6, 6.07) is 24.6. The average Bonchev–Trinajstić information content (AvgIpc) is 2.75. The molecule has 0 unspecified atom stereocenters. The summed E-state index contributed by atoms with van der Waals surface area (Å²) in [4.78, 5) is 26.4. The predicted octanol–water partition coefficient (Wildman–Crippen LogP) is 3.87. The lowest BCUT2D eigenvalue weighted by atomic mass is 10.0. The van der Waals surface area contributed by atoms with Gasteiger partial charge in [0.25, 0.3) is 0 Å². The Bertz CT molecular complexity index is 988. The Hall–Kier alpha value is -3.64. The van der Waals surface area contributed by atoms with Gasteiger partial charge in [0.15, 0.2) is 0 Å². The van der Waals surface area contributed by atoms with E-state index < -0.39 is 0 Å². The van der Waals surface area contributed by atoms with Gasteiger partial charge in [0.1, 0.15) is 5.75 Å². The maximum atomic E-state index is 12.5. The van der Waals surface area contributed by atoms with Gasteiger partial charge in [0.2, 0.25) is 11.8 Å². The highest BCUT2D eigenvalue weighted by Gasteiger charge is 2.13. The zero-order chi connectivity index (χ0) is 21.3. The number of nitrogens with zero attached hydrogens (tertiary/aromatic N) is 1. The van der Waals surface area contributed by atoms with E-state index >= 15 is 0 Å². The fraction of sp³-hybridized carbons (Fsp3) is 0.167. The first-order valence-electron chi connectivity index (χ1n) is 9.62. The fourth-order valence-electron chi connectivity index (χ4n) is 3.07. The number of hydrogen-bond donors (Lipinski definition) is 2. The minimum Gasteiger partial charge on any atom is -0.497 e. The lowest BCUT2D eigenvalue weighted by molar-refractivity contribution is -0.119. The summed E-state index contributed by atoms with van der Waals surface area (Å²) in [5, 5.41) is 5.76. The number of rotatable bonds is 8. The molecule has 0 bridgehead atoms. The average molecular weight is 403 g/mol. The van der Waals surface area contributed by atoms with Crippen LogP contribution in [0.15, 0.2) is 78.9 Å². The summed E-state index contributed by atoms with van der Waals surface area (Å²) >= 11 is 0. The zero-order valence-corrected chi connectivity index (χ0v) is 17.1. The van der Waals surface area contributed by atoms with Crippen molar-refractivity contribution in [3.63, 3.8) is 0 Å². The van der Waals surface area contributed by atoms with Crippen LogP contribution >= 0.6 is 0 Å². The van der Waals surface area contributed by atoms with Crippen molar-refractivity contribution in [1.82, 2.24) is 4.90 Å². The first-order valence-corrected chi connectivity index (χ1v) is 9.62. The number of ether oxygens (including phenoxy) is 1. The van der Waals surface area contributed by atoms with Crippen LogP contribution in [-0.2, 0) is 9.59 Å². The molecule has 0 aliphatic carbocycles. The van der Waals surface area contributed by atoms with Gasteiger partial charge in [-0.25, -0.2) is 0 Å². The predicted molar refractivity (Wildman–Crippen MR) is 120 cm³/mol. The van der Waals surface area contributed by atoms with E-state index in [1.54, 1.807) is 43.3 Å². The Labute approximate surface area is 176 Å². The molecule has 6 heteroatoms. The maximum Gasteiger partial charge on any atom is 0.238 e. The van der Waals surface area contributed by atoms with Crippen LogP contribution in [0.2, 0.25) is 0 Å². The number of hydrogen-bond acceptors (Lipinski definition) is 4. The number of benzene rings is 3. The Morgan fingerprint density at radius 3 is 2.07 bits per heavy atom. The first kappa shape index (κ1) is 21.1. The monoisotopic (exact) mass is 403 g/mol. The molecule has 0 heterocycles. The van der Waals surface area contributed by atoms with Crippen molar-refractivity contribution in [2.75, 3.05) is 37.9 Å². The molecule has 0 aromatic heterocycles. The Balaban J connectivity index is 1.54. The number of para-hydroxylation sites is 1. The van der Waals surface area contributed by atoms with Gasteiger partial charge in [-0.05, 0) is 42.9 Å². The molecule has 2 amide bonds. The second kappa shape index (κ2) is 10.2. The molecule has 0 saturated heterocycles. The molecule has 2 N–H and O–H groups in total. The lowest BCUT2D eigenvalue weighted by Crippen LogP contribution is -2.36. The zero-order valence-electron chi connectivity index (χ0n) is 17.1. The molecule has 3 rings (SSSR count). The van der Waals surface area contributed by atoms with Gasteiger partial charge in [-0.15, -0.1) is 0 Å². The van der Waals surface area contributed by atoms with E-state index in [1.165, 1.54) is 0 Å². The van der Waals surface area contributed by atoms with Crippen LogP contribution in [0, 0.1) is 0 Å². The van der Waals surface area contributed by atoms with E-state index in [9.17, 15) is 9.59 Å². The molecule has 30 heavy (non-hydrogen) atoms. The van der Waals surface area contributed by atoms with Crippen LogP contribution in [0.5, 0.6) is 5.75 Å². The van der Waals surface area contributed by atoms with Crippen molar-refractivity contribution in [2.24, 2.45) is 0 Å². The van der Waals surface area contributed by atoms with E-state index in [1.807, 2.05) is 54.6 Å². The fourth-order valence-corrected chi connectivity index (χ4v) is 3.07. The van der Waals surface area contributed by atoms with E-state index in [0.717, 1.165) is 22.6 Å². The van der Waals surface area contributed by atoms with Crippen molar-refractivity contribution in [2.45, 2.75) is 0 Å². The molecule has 3 aromatic carbocycles. The molecular formula is C24H25N3O3. The second-order valence-corrected chi connectivity index (χ2v) is 6.91. The maximum absolute atomic E-state index is 12.5. The molecule has 0 saturated carbocycles. The van der Waals surface area contributed by atoms with Crippen LogP contribution in [0.3, 0.4) is 0 Å². The van der Waals surface area contributed by atoms with Gasteiger partial charge < -0.3 is 15.4 Å². The van der Waals surface area contributed by atoms with Crippen molar-refractivity contribution < 1.29 is 14.3 Å². The Kier molecular flexibility index (Phi) is 7.19. The number of likely N-dealkylation sites (N-methyl/N-ethyl adjacent to an activating group) is 1. The van der Waals surface area contributed by atoms with Crippen molar-refractivity contribution >= 4 is 23.2 Å². The number of carbonyl (C=O) groups is 2. The van der Waals surface area contributed by atoms with E-state index in [0.29, 0.717) is 5.69 Å². The van der Waals surface area contributed by atoms with Gasteiger partial charge in [-0.1, -0.05) is 48.5 Å². The number of anilines is 2. The second-order valence-electron chi connectivity index (χ2n) is 6.91. The van der Waals surface area contributed by atoms with Crippen LogP contribution in [-0.4, -0.2) is 44.0 Å². The van der Waals surface area contributed by atoms with Gasteiger partial charge in [0.05, 0.1) is 20.2 Å². The largest absolute Gasteiger partial charge is 0.497 e. The highest BCUT2D eigenvalue weighted by Crippen LogP contribution is 2.27. The van der Waals surface area contributed by atoms with Crippen LogP contribution in [0.4, 0.5) is 11.4 Å². The Morgan fingerprint density at radius 1 is 0.800 bits per heavy atom. The standard InChI is InChI=1S/C24H25N3O3/c1-27(16-23(28)25-19-12-14-20(30-2)15-13-19)17-24(29)26-22-11-7-6-10-21(22)18-8-4-3-5-9-18/h3-15H,16-17H2,1-2H3,(H,25,28)(H,26,29). The first-order chi connectivity index (χ1) is 14.5. The van der Waals surface area contributed by atoms with E-state index in [-0.39, 0.29) is 24.9 Å². The van der Waals surface area contributed by atoms with Crippen molar-refractivity contribution in [3.8, 4) is 16.9 Å². The molecule has 0 aliphatic rings. The molecule has 3 aromatic rings. The number of methoxy groups -OCH3 is 1. The molecule has 0 spiro atoms. The summed E-state index contributed by atoms with van der Waals surface area (Å²) in [7, 11) is 3.32. The van der Waals surface area contributed by atoms with Gasteiger partial charge in [-0.2, -0.15) is 0 Å². The highest BCUT2D eigenvalue weighted by atomic mass is 16.5. The third-order valence-electron chi connectivity index (χ3n) is 4.49. The third-order valence-corrected chi connectivity index (χ3v) is 4.49. The van der Waals surface area contributed by atoms with E-state index in [4.69, 9.17) is 4.74 Å². The molecule has 0 radical (unpaired) electrons. The minimum absolute atomic E-state index is 0.0964. The summed E-state index contributed by atoms with van der Waals surface area (Å²) in [6.45, 7) is 0.193. The molecule has 6 nitrogen and oxygen atoms in total. The van der Waals surface area contributed by atoms with Crippen LogP contribution in [0.1, 0.15) is 0 Å². The van der Waals surface area contributed by atoms with Gasteiger partial charge in [0, 0.05) is 16.9 Å². The summed E-state index contributed by atoms with van der Waals surface area (Å²) in [6.07, 6.45) is 0. The van der Waals surface area contributed by atoms with Gasteiger partial charge in [-0.3, -0.25) is 14.5 Å². The lowest BCUT2D eigenvalue weighted by Gasteiger charge is -2.17. The molecule has 154 valence electrons. The highest BCUT2D eigenvalue weighted by molar-refractivity contribution is 5.97. The SMILES string of the molecule is COc1ccc(NC(=O)CN(C)CC(=O)Nc2ccccc2-c2ccccc2)cc1. The number of amides is 2. The smallest absolute Gasteiger partial charge is 0.238 e. The summed E-state index contributed by atoms with van der Waals surface area (Å²) in [5.74, 6) is 0.343. The molecule has 0 fully saturated rings. The molecular weight excluding hydrogens is 378 g/mol. The number of carbonyl (C=O) groups excluding carboxylic acids is 2. The van der Waals surface area contributed by atoms with Crippen LogP contribution < -0.4 is 15.4 Å². The summed E-state index contributed by atoms with van der Waals surface area (Å²) in [5.41, 5.74) is 3.40. The van der Waals surface area contributed by atoms with Crippen molar-refractivity contribution in [1.29, 1.82) is 0 Å². The van der Waals surface area contributed by atoms with Crippen LogP contribution in [0.25, 0.3) is 11.1 Å². The van der Waals surface area contributed by atoms with Gasteiger partial charge >= 0.3 is 0 Å². The quantitative estimate of drug-likeness (QED) is 0.599. The third kappa shape index (κ3) is 5.93. The molecule has 0 atom stereocenters. The van der Waals surface area contributed by atoms with Crippen molar-refractivity contribution in [3.05, 3.63) is 78.9 Å². The Morgan fingerprint density at radius 2 is 1.40 bits per heavy atom. The van der Waals surface area contributed by atoms with E-state index in [2.05, 4.69) is 10.6 Å². The normalized spacial score (nSPS) is 10.5. The summed E-state index contributed by atoms with van der Waals surface area (Å²) < 4.78 is 5.10. The number of nitrogens with one attached hydrogen (secondary N) is 2.